The molecule has 0 radical (unpaired) electrons. The molecule has 1 aromatic heterocycles. The second-order valence-corrected chi connectivity index (χ2v) is 5.89. The van der Waals surface area contributed by atoms with Crippen LogP contribution in [0.15, 0.2) is 34.6 Å². The average molecular weight is 304 g/mol. The molecule has 4 nitrogen and oxygen atoms in total. The van der Waals surface area contributed by atoms with Crippen LogP contribution in [-0.4, -0.2) is 24.0 Å². The zero-order valence-corrected chi connectivity index (χ0v) is 12.6. The molecule has 0 aliphatic heterocycles. The van der Waals surface area contributed by atoms with E-state index in [4.69, 9.17) is 0 Å². The number of nitrogens with one attached hydrogen (secondary N) is 2. The van der Waals surface area contributed by atoms with Crippen molar-refractivity contribution < 1.29 is 4.39 Å². The lowest BCUT2D eigenvalue weighted by molar-refractivity contribution is 0.631. The van der Waals surface area contributed by atoms with Gasteiger partial charge in [0.15, 0.2) is 5.96 Å². The molecular weight excluding hydrogens is 287 g/mol. The Bertz CT molecular complexity index is 649. The van der Waals surface area contributed by atoms with Crippen LogP contribution in [0.1, 0.15) is 17.8 Å². The summed E-state index contributed by atoms with van der Waals surface area (Å²) < 4.78 is 13.7. The van der Waals surface area contributed by atoms with E-state index in [0.29, 0.717) is 23.8 Å². The predicted octanol–water partition coefficient (Wildman–Crippen LogP) is 2.78. The van der Waals surface area contributed by atoms with E-state index in [1.54, 1.807) is 19.2 Å². The van der Waals surface area contributed by atoms with Crippen molar-refractivity contribution in [2.24, 2.45) is 4.99 Å². The molecule has 2 N–H and O–H groups in total. The third-order valence-electron chi connectivity index (χ3n) is 3.25. The Balaban J connectivity index is 1.63. The van der Waals surface area contributed by atoms with Crippen LogP contribution in [0, 0.1) is 5.82 Å². The first kappa shape index (κ1) is 14.0. The molecule has 2 aromatic rings. The van der Waals surface area contributed by atoms with Gasteiger partial charge in [-0.1, -0.05) is 12.1 Å². The zero-order chi connectivity index (χ0) is 14.7. The summed E-state index contributed by atoms with van der Waals surface area (Å²) in [5, 5.41) is 9.33. The second-order valence-electron chi connectivity index (χ2n) is 4.95. The Kier molecular flexibility index (Phi) is 4.15. The van der Waals surface area contributed by atoms with Crippen LogP contribution in [0.25, 0.3) is 11.3 Å². The fourth-order valence-electron chi connectivity index (χ4n) is 1.96. The third kappa shape index (κ3) is 3.58. The summed E-state index contributed by atoms with van der Waals surface area (Å²) in [6.45, 7) is 0.589. The molecule has 0 atom stereocenters. The molecule has 1 aliphatic rings. The highest BCUT2D eigenvalue weighted by atomic mass is 32.1. The Morgan fingerprint density at radius 3 is 2.95 bits per heavy atom. The average Bonchev–Trinajstić information content (AvgIpc) is 3.20. The largest absolute Gasteiger partial charge is 0.354 e. The van der Waals surface area contributed by atoms with E-state index in [2.05, 4.69) is 20.6 Å². The lowest BCUT2D eigenvalue weighted by atomic mass is 10.2. The van der Waals surface area contributed by atoms with Gasteiger partial charge < -0.3 is 10.6 Å². The summed E-state index contributed by atoms with van der Waals surface area (Å²) in [5.41, 5.74) is 1.22. The predicted molar refractivity (Wildman–Crippen MR) is 83.9 cm³/mol. The SMILES string of the molecule is CN=C(NCc1nc(-c2ccccc2F)cs1)NC1CC1. The van der Waals surface area contributed by atoms with Crippen molar-refractivity contribution in [1.82, 2.24) is 15.6 Å². The number of hydrogen-bond donors (Lipinski definition) is 2. The van der Waals surface area contributed by atoms with E-state index >= 15 is 0 Å². The maximum Gasteiger partial charge on any atom is 0.191 e. The Morgan fingerprint density at radius 2 is 2.24 bits per heavy atom. The number of rotatable bonds is 4. The molecule has 0 amide bonds. The minimum Gasteiger partial charge on any atom is -0.354 e. The van der Waals surface area contributed by atoms with Gasteiger partial charge in [0.2, 0.25) is 0 Å². The molecule has 1 aliphatic carbocycles. The van der Waals surface area contributed by atoms with E-state index in [1.807, 2.05) is 11.4 Å². The number of halogens is 1. The van der Waals surface area contributed by atoms with Crippen molar-refractivity contribution in [1.29, 1.82) is 0 Å². The lowest BCUT2D eigenvalue weighted by Gasteiger charge is -2.09. The molecule has 1 aromatic carbocycles. The molecule has 21 heavy (non-hydrogen) atoms. The maximum atomic E-state index is 13.7. The lowest BCUT2D eigenvalue weighted by Crippen LogP contribution is -2.38. The first-order valence-corrected chi connectivity index (χ1v) is 7.80. The van der Waals surface area contributed by atoms with Gasteiger partial charge in [-0.2, -0.15) is 0 Å². The van der Waals surface area contributed by atoms with Gasteiger partial charge in [-0.3, -0.25) is 4.99 Å². The normalized spacial score (nSPS) is 15.0. The van der Waals surface area contributed by atoms with Gasteiger partial charge in [0.05, 0.1) is 12.2 Å². The summed E-state index contributed by atoms with van der Waals surface area (Å²) >= 11 is 1.52. The Hall–Kier alpha value is -1.95. The number of nitrogens with zero attached hydrogens (tertiary/aromatic N) is 2. The van der Waals surface area contributed by atoms with Crippen molar-refractivity contribution in [2.45, 2.75) is 25.4 Å². The number of aliphatic imine (C=N–C) groups is 1. The first-order chi connectivity index (χ1) is 10.3. The van der Waals surface area contributed by atoms with Gasteiger partial charge in [0, 0.05) is 24.0 Å². The number of benzene rings is 1. The minimum atomic E-state index is -0.242. The smallest absolute Gasteiger partial charge is 0.191 e. The van der Waals surface area contributed by atoms with Gasteiger partial charge in [-0.15, -0.1) is 11.3 Å². The summed E-state index contributed by atoms with van der Waals surface area (Å²) in [6, 6.07) is 7.25. The van der Waals surface area contributed by atoms with Crippen molar-refractivity contribution in [3.05, 3.63) is 40.5 Å². The van der Waals surface area contributed by atoms with E-state index in [-0.39, 0.29) is 5.82 Å². The topological polar surface area (TPSA) is 49.3 Å². The maximum absolute atomic E-state index is 13.7. The molecule has 0 spiro atoms. The Labute approximate surface area is 127 Å². The van der Waals surface area contributed by atoms with Crippen molar-refractivity contribution in [2.75, 3.05) is 7.05 Å². The number of hydrogen-bond acceptors (Lipinski definition) is 3. The monoisotopic (exact) mass is 304 g/mol. The number of guanidine groups is 1. The van der Waals surface area contributed by atoms with Crippen LogP contribution in [-0.2, 0) is 6.54 Å². The van der Waals surface area contributed by atoms with Crippen LogP contribution in [0.4, 0.5) is 4.39 Å². The second kappa shape index (κ2) is 6.22. The highest BCUT2D eigenvalue weighted by Crippen LogP contribution is 2.24. The van der Waals surface area contributed by atoms with Gasteiger partial charge in [-0.05, 0) is 25.0 Å². The van der Waals surface area contributed by atoms with E-state index in [1.165, 1.54) is 30.2 Å². The van der Waals surface area contributed by atoms with E-state index in [9.17, 15) is 4.39 Å². The van der Waals surface area contributed by atoms with Crippen LogP contribution in [0.5, 0.6) is 0 Å². The molecule has 110 valence electrons. The molecule has 1 saturated carbocycles. The van der Waals surface area contributed by atoms with Gasteiger partial charge >= 0.3 is 0 Å². The highest BCUT2D eigenvalue weighted by molar-refractivity contribution is 7.09. The number of aromatic nitrogens is 1. The molecule has 3 rings (SSSR count). The molecule has 0 unspecified atom stereocenters. The summed E-state index contributed by atoms with van der Waals surface area (Å²) in [6.07, 6.45) is 2.41. The van der Waals surface area contributed by atoms with E-state index in [0.717, 1.165) is 11.0 Å². The number of thiazole rings is 1. The van der Waals surface area contributed by atoms with Crippen LogP contribution < -0.4 is 10.6 Å². The van der Waals surface area contributed by atoms with Gasteiger partial charge in [0.25, 0.3) is 0 Å². The molecule has 0 saturated heterocycles. The summed E-state index contributed by atoms with van der Waals surface area (Å²) in [5.74, 6) is 0.550. The highest BCUT2D eigenvalue weighted by Gasteiger charge is 2.22. The van der Waals surface area contributed by atoms with Crippen LogP contribution in [0.2, 0.25) is 0 Å². The molecule has 1 fully saturated rings. The molecule has 0 bridgehead atoms. The fourth-order valence-corrected chi connectivity index (χ4v) is 2.69. The Morgan fingerprint density at radius 1 is 1.43 bits per heavy atom. The quantitative estimate of drug-likeness (QED) is 0.674. The fraction of sp³-hybridized carbons (Fsp3) is 0.333. The van der Waals surface area contributed by atoms with Crippen LogP contribution >= 0.6 is 11.3 Å². The van der Waals surface area contributed by atoms with Crippen molar-refractivity contribution in [3.63, 3.8) is 0 Å². The first-order valence-electron chi connectivity index (χ1n) is 6.93. The zero-order valence-electron chi connectivity index (χ0n) is 11.8. The standard InChI is InChI=1S/C15H17FN4S/c1-17-15(19-10-6-7-10)18-8-14-20-13(9-21-14)11-4-2-3-5-12(11)16/h2-5,9-10H,6-8H2,1H3,(H2,17,18,19). The third-order valence-corrected chi connectivity index (χ3v) is 4.10. The van der Waals surface area contributed by atoms with Gasteiger partial charge in [0.1, 0.15) is 10.8 Å². The minimum absolute atomic E-state index is 0.242. The van der Waals surface area contributed by atoms with Crippen LogP contribution in [0.3, 0.4) is 0 Å². The van der Waals surface area contributed by atoms with Crippen molar-refractivity contribution >= 4 is 17.3 Å². The molecular formula is C15H17FN4S. The van der Waals surface area contributed by atoms with Crippen molar-refractivity contribution in [3.8, 4) is 11.3 Å². The van der Waals surface area contributed by atoms with Gasteiger partial charge in [-0.25, -0.2) is 9.37 Å². The molecule has 6 heteroatoms. The summed E-state index contributed by atoms with van der Waals surface area (Å²) in [4.78, 5) is 8.65. The van der Waals surface area contributed by atoms with E-state index < -0.39 is 0 Å². The summed E-state index contributed by atoms with van der Waals surface area (Å²) in [7, 11) is 1.75. The molecule has 1 heterocycles.